The summed E-state index contributed by atoms with van der Waals surface area (Å²) in [4.78, 5) is 23.9. The Morgan fingerprint density at radius 1 is 1.20 bits per heavy atom. The molecule has 0 spiro atoms. The van der Waals surface area contributed by atoms with Crippen LogP contribution in [0.4, 0.5) is 0 Å². The second-order valence-electron chi connectivity index (χ2n) is 6.57. The third kappa shape index (κ3) is 2.32. The summed E-state index contributed by atoms with van der Waals surface area (Å²) < 4.78 is 5.58. The quantitative estimate of drug-likeness (QED) is 0.817. The van der Waals surface area contributed by atoms with Crippen LogP contribution in [0.3, 0.4) is 0 Å². The highest BCUT2D eigenvalue weighted by Crippen LogP contribution is 2.52. The van der Waals surface area contributed by atoms with Crippen molar-refractivity contribution in [2.24, 2.45) is 23.7 Å². The van der Waals surface area contributed by atoms with E-state index in [0.29, 0.717) is 0 Å². The molecule has 1 heterocycles. The number of hydrogen-bond acceptors (Lipinski definition) is 3. The van der Waals surface area contributed by atoms with E-state index in [1.54, 1.807) is 0 Å². The Bertz CT molecular complexity index is 405. The van der Waals surface area contributed by atoms with E-state index in [0.717, 1.165) is 38.7 Å². The van der Waals surface area contributed by atoms with Crippen LogP contribution in [0, 0.1) is 23.7 Å². The van der Waals surface area contributed by atoms with E-state index in [9.17, 15) is 14.7 Å². The monoisotopic (exact) mass is 281 g/mol. The molecular formula is C15H23NO4. The number of nitrogens with one attached hydrogen (secondary N) is 1. The molecule has 2 saturated carbocycles. The molecule has 2 aliphatic carbocycles. The molecule has 0 aromatic carbocycles. The molecule has 1 amide bonds. The largest absolute Gasteiger partial charge is 0.481 e. The van der Waals surface area contributed by atoms with Gasteiger partial charge in [-0.3, -0.25) is 9.59 Å². The van der Waals surface area contributed by atoms with Gasteiger partial charge in [-0.15, -0.1) is 0 Å². The molecule has 112 valence electrons. The zero-order valence-corrected chi connectivity index (χ0v) is 11.9. The van der Waals surface area contributed by atoms with Crippen molar-refractivity contribution >= 4 is 11.9 Å². The van der Waals surface area contributed by atoms with Crippen molar-refractivity contribution in [2.75, 3.05) is 6.61 Å². The standard InChI is InChI=1S/C15H23NO4/c1-8(11-3-2-6-20-11)16-14(17)12-9-4-5-10(7-9)13(12)15(18)19/h8-13H,2-7H2,1H3,(H,16,17)(H,18,19)/t8-,9-,10-,11-,12+,13-/m0/s1. The molecule has 3 aliphatic rings. The van der Waals surface area contributed by atoms with Gasteiger partial charge in [0.1, 0.15) is 0 Å². The molecule has 2 bridgehead atoms. The molecule has 0 unspecified atom stereocenters. The maximum absolute atomic E-state index is 12.5. The van der Waals surface area contributed by atoms with Crippen LogP contribution in [0.5, 0.6) is 0 Å². The Morgan fingerprint density at radius 3 is 2.50 bits per heavy atom. The first-order chi connectivity index (χ1) is 9.58. The van der Waals surface area contributed by atoms with Gasteiger partial charge in [-0.05, 0) is 50.9 Å². The minimum atomic E-state index is -0.804. The van der Waals surface area contributed by atoms with Crippen LogP contribution in [0.2, 0.25) is 0 Å². The summed E-state index contributed by atoms with van der Waals surface area (Å²) in [6, 6.07) is -0.0291. The lowest BCUT2D eigenvalue weighted by Gasteiger charge is -2.29. The van der Waals surface area contributed by atoms with Crippen molar-refractivity contribution in [3.63, 3.8) is 0 Å². The molecule has 3 rings (SSSR count). The number of carbonyl (C=O) groups is 2. The van der Waals surface area contributed by atoms with Crippen molar-refractivity contribution in [2.45, 2.75) is 51.2 Å². The molecule has 3 fully saturated rings. The van der Waals surface area contributed by atoms with E-state index in [1.165, 1.54) is 0 Å². The average molecular weight is 281 g/mol. The molecule has 1 aliphatic heterocycles. The second kappa shape index (κ2) is 5.35. The first-order valence-electron chi connectivity index (χ1n) is 7.72. The maximum atomic E-state index is 12.5. The molecule has 5 heteroatoms. The number of aliphatic carboxylic acids is 1. The van der Waals surface area contributed by atoms with E-state index in [-0.39, 0.29) is 35.8 Å². The molecule has 0 radical (unpaired) electrons. The fraction of sp³-hybridized carbons (Fsp3) is 0.867. The van der Waals surface area contributed by atoms with Gasteiger partial charge in [-0.25, -0.2) is 0 Å². The molecule has 5 nitrogen and oxygen atoms in total. The van der Waals surface area contributed by atoms with Crippen LogP contribution in [0.15, 0.2) is 0 Å². The number of carboxylic acids is 1. The molecule has 0 aromatic heterocycles. The van der Waals surface area contributed by atoms with Gasteiger partial charge < -0.3 is 15.2 Å². The van der Waals surface area contributed by atoms with Crippen LogP contribution in [0.1, 0.15) is 39.0 Å². The Balaban J connectivity index is 1.65. The number of carbonyl (C=O) groups excluding carboxylic acids is 1. The highest BCUT2D eigenvalue weighted by atomic mass is 16.5. The Hall–Kier alpha value is -1.10. The number of amides is 1. The lowest BCUT2D eigenvalue weighted by atomic mass is 9.78. The van der Waals surface area contributed by atoms with E-state index in [2.05, 4.69) is 5.32 Å². The normalized spacial score (nSPS) is 40.8. The summed E-state index contributed by atoms with van der Waals surface area (Å²) in [5.74, 6) is -1.24. The van der Waals surface area contributed by atoms with Gasteiger partial charge in [0.25, 0.3) is 0 Å². The first kappa shape index (κ1) is 13.9. The summed E-state index contributed by atoms with van der Waals surface area (Å²) >= 11 is 0. The van der Waals surface area contributed by atoms with E-state index in [4.69, 9.17) is 4.74 Å². The summed E-state index contributed by atoms with van der Waals surface area (Å²) in [5.41, 5.74) is 0. The van der Waals surface area contributed by atoms with E-state index < -0.39 is 11.9 Å². The zero-order chi connectivity index (χ0) is 14.3. The third-order valence-electron chi connectivity index (χ3n) is 5.40. The predicted molar refractivity (Wildman–Crippen MR) is 72.0 cm³/mol. The van der Waals surface area contributed by atoms with Gasteiger partial charge in [-0.2, -0.15) is 0 Å². The molecule has 6 atom stereocenters. The number of ether oxygens (including phenoxy) is 1. The smallest absolute Gasteiger partial charge is 0.307 e. The van der Waals surface area contributed by atoms with Gasteiger partial charge in [0, 0.05) is 6.61 Å². The van der Waals surface area contributed by atoms with Crippen molar-refractivity contribution in [1.29, 1.82) is 0 Å². The maximum Gasteiger partial charge on any atom is 0.307 e. The number of carboxylic acid groups (broad SMARTS) is 1. The number of hydrogen-bond donors (Lipinski definition) is 2. The fourth-order valence-electron chi connectivity index (χ4n) is 4.43. The Morgan fingerprint density at radius 2 is 1.90 bits per heavy atom. The summed E-state index contributed by atoms with van der Waals surface area (Å²) in [5, 5.41) is 12.4. The van der Waals surface area contributed by atoms with Crippen LogP contribution >= 0.6 is 0 Å². The minimum absolute atomic E-state index is 0.0291. The van der Waals surface area contributed by atoms with Gasteiger partial charge >= 0.3 is 5.97 Å². The minimum Gasteiger partial charge on any atom is -0.481 e. The highest BCUT2D eigenvalue weighted by molar-refractivity contribution is 5.86. The fourth-order valence-corrected chi connectivity index (χ4v) is 4.43. The van der Waals surface area contributed by atoms with Crippen molar-refractivity contribution in [1.82, 2.24) is 5.32 Å². The molecule has 2 N–H and O–H groups in total. The van der Waals surface area contributed by atoms with Gasteiger partial charge in [-0.1, -0.05) is 0 Å². The SMILES string of the molecule is C[C@H](NC(=O)[C@@H]1[C@H]2CC[C@@H](C2)[C@@H]1C(=O)O)[C@@H]1CCCO1. The lowest BCUT2D eigenvalue weighted by Crippen LogP contribution is -2.47. The van der Waals surface area contributed by atoms with Crippen molar-refractivity contribution < 1.29 is 19.4 Å². The van der Waals surface area contributed by atoms with Crippen molar-refractivity contribution in [3.05, 3.63) is 0 Å². The number of fused-ring (bicyclic) bond motifs is 2. The summed E-state index contributed by atoms with van der Waals surface area (Å²) in [7, 11) is 0. The van der Waals surface area contributed by atoms with Crippen LogP contribution in [-0.4, -0.2) is 35.7 Å². The van der Waals surface area contributed by atoms with Gasteiger partial charge in [0.15, 0.2) is 0 Å². The first-order valence-corrected chi connectivity index (χ1v) is 7.72. The number of rotatable bonds is 4. The third-order valence-corrected chi connectivity index (χ3v) is 5.40. The second-order valence-corrected chi connectivity index (χ2v) is 6.57. The van der Waals surface area contributed by atoms with Crippen LogP contribution < -0.4 is 5.32 Å². The topological polar surface area (TPSA) is 75.6 Å². The Kier molecular flexibility index (Phi) is 3.71. The van der Waals surface area contributed by atoms with Crippen molar-refractivity contribution in [3.8, 4) is 0 Å². The Labute approximate surface area is 119 Å². The molecular weight excluding hydrogens is 258 g/mol. The predicted octanol–water partition coefficient (Wildman–Crippen LogP) is 1.42. The van der Waals surface area contributed by atoms with Gasteiger partial charge in [0.05, 0.1) is 24.0 Å². The summed E-state index contributed by atoms with van der Waals surface area (Å²) in [6.45, 7) is 2.72. The van der Waals surface area contributed by atoms with Crippen LogP contribution in [0.25, 0.3) is 0 Å². The summed E-state index contributed by atoms with van der Waals surface area (Å²) in [6.07, 6.45) is 4.97. The molecule has 0 aromatic rings. The van der Waals surface area contributed by atoms with Crippen LogP contribution in [-0.2, 0) is 14.3 Å². The zero-order valence-electron chi connectivity index (χ0n) is 11.9. The lowest BCUT2D eigenvalue weighted by molar-refractivity contribution is -0.149. The molecule has 1 saturated heterocycles. The van der Waals surface area contributed by atoms with E-state index in [1.807, 2.05) is 6.92 Å². The van der Waals surface area contributed by atoms with E-state index >= 15 is 0 Å². The average Bonchev–Trinajstić information content (AvgIpc) is 3.13. The highest BCUT2D eigenvalue weighted by Gasteiger charge is 2.54. The van der Waals surface area contributed by atoms with Gasteiger partial charge in [0.2, 0.25) is 5.91 Å². The molecule has 20 heavy (non-hydrogen) atoms.